The highest BCUT2D eigenvalue weighted by atomic mass is 32.1. The molecule has 0 spiro atoms. The summed E-state index contributed by atoms with van der Waals surface area (Å²) in [5.74, 6) is 0.457. The van der Waals surface area contributed by atoms with Crippen molar-refractivity contribution in [1.29, 1.82) is 0 Å². The molecule has 2 N–H and O–H groups in total. The van der Waals surface area contributed by atoms with Gasteiger partial charge < -0.3 is 5.73 Å². The van der Waals surface area contributed by atoms with Crippen LogP contribution < -0.4 is 5.73 Å². The van der Waals surface area contributed by atoms with Crippen LogP contribution in [0, 0.1) is 0 Å². The van der Waals surface area contributed by atoms with Gasteiger partial charge in [0.15, 0.2) is 0 Å². The molecular weight excluding hydrogens is 216 g/mol. The molecule has 0 aliphatic carbocycles. The lowest BCUT2D eigenvalue weighted by atomic mass is 10.1. The number of benzene rings is 1. The fourth-order valence-corrected chi connectivity index (χ4v) is 2.57. The molecule has 3 heteroatoms. The van der Waals surface area contributed by atoms with Crippen LogP contribution in [0.25, 0.3) is 10.6 Å². The highest BCUT2D eigenvalue weighted by Gasteiger charge is 2.10. The molecule has 1 unspecified atom stereocenters. The smallest absolute Gasteiger partial charge is 0.123 e. The standard InChI is InChI=1S/C13H16N2S/c1-10(7-8-14)12-9-16-13(15-12)11-5-3-2-4-6-11/h2-6,9-10H,7-8,14H2,1H3. The van der Waals surface area contributed by atoms with Gasteiger partial charge in [-0.1, -0.05) is 37.3 Å². The van der Waals surface area contributed by atoms with Crippen LogP contribution in [0.5, 0.6) is 0 Å². The van der Waals surface area contributed by atoms with Gasteiger partial charge in [0.2, 0.25) is 0 Å². The topological polar surface area (TPSA) is 38.9 Å². The highest BCUT2D eigenvalue weighted by Crippen LogP contribution is 2.27. The molecule has 16 heavy (non-hydrogen) atoms. The largest absolute Gasteiger partial charge is 0.330 e. The first-order chi connectivity index (χ1) is 7.81. The molecule has 0 fully saturated rings. The number of thiazole rings is 1. The lowest BCUT2D eigenvalue weighted by Gasteiger charge is -2.05. The SMILES string of the molecule is CC(CCN)c1csc(-c2ccccc2)n1. The van der Waals surface area contributed by atoms with Gasteiger partial charge in [0.25, 0.3) is 0 Å². The fourth-order valence-electron chi connectivity index (χ4n) is 1.62. The maximum Gasteiger partial charge on any atom is 0.123 e. The summed E-state index contributed by atoms with van der Waals surface area (Å²) in [6.07, 6.45) is 0.998. The van der Waals surface area contributed by atoms with Gasteiger partial charge in [-0.25, -0.2) is 4.98 Å². The van der Waals surface area contributed by atoms with E-state index in [2.05, 4.69) is 29.4 Å². The van der Waals surface area contributed by atoms with Crippen molar-refractivity contribution in [3.63, 3.8) is 0 Å². The Hall–Kier alpha value is -1.19. The summed E-state index contributed by atoms with van der Waals surface area (Å²) >= 11 is 1.70. The molecule has 1 heterocycles. The minimum Gasteiger partial charge on any atom is -0.330 e. The Morgan fingerprint density at radius 2 is 2.06 bits per heavy atom. The van der Waals surface area contributed by atoms with Crippen molar-refractivity contribution in [2.24, 2.45) is 5.73 Å². The van der Waals surface area contributed by atoms with Gasteiger partial charge >= 0.3 is 0 Å². The van der Waals surface area contributed by atoms with E-state index in [-0.39, 0.29) is 0 Å². The normalized spacial score (nSPS) is 12.6. The highest BCUT2D eigenvalue weighted by molar-refractivity contribution is 7.13. The minimum atomic E-state index is 0.457. The first-order valence-electron chi connectivity index (χ1n) is 5.52. The predicted molar refractivity (Wildman–Crippen MR) is 69.6 cm³/mol. The van der Waals surface area contributed by atoms with E-state index >= 15 is 0 Å². The molecule has 1 aromatic heterocycles. The molecule has 2 aromatic rings. The summed E-state index contributed by atoms with van der Waals surface area (Å²) in [7, 11) is 0. The van der Waals surface area contributed by atoms with Crippen LogP contribution in [-0.4, -0.2) is 11.5 Å². The van der Waals surface area contributed by atoms with Crippen LogP contribution in [0.1, 0.15) is 25.0 Å². The lowest BCUT2D eigenvalue weighted by Crippen LogP contribution is -2.04. The van der Waals surface area contributed by atoms with E-state index < -0.39 is 0 Å². The van der Waals surface area contributed by atoms with Crippen LogP contribution in [0.4, 0.5) is 0 Å². The Morgan fingerprint density at radius 1 is 1.31 bits per heavy atom. The molecule has 0 bridgehead atoms. The number of hydrogen-bond donors (Lipinski definition) is 1. The number of aromatic nitrogens is 1. The zero-order valence-corrected chi connectivity index (χ0v) is 10.2. The van der Waals surface area contributed by atoms with Gasteiger partial charge in [0.05, 0.1) is 5.69 Å². The second-order valence-corrected chi connectivity index (χ2v) is 4.78. The van der Waals surface area contributed by atoms with Crippen molar-refractivity contribution in [2.45, 2.75) is 19.3 Å². The molecule has 1 atom stereocenters. The van der Waals surface area contributed by atoms with Crippen LogP contribution in [0.3, 0.4) is 0 Å². The van der Waals surface area contributed by atoms with Crippen LogP contribution in [-0.2, 0) is 0 Å². The summed E-state index contributed by atoms with van der Waals surface area (Å²) in [4.78, 5) is 4.66. The van der Waals surface area contributed by atoms with Crippen LogP contribution in [0.2, 0.25) is 0 Å². The fraction of sp³-hybridized carbons (Fsp3) is 0.308. The maximum absolute atomic E-state index is 5.56. The molecule has 2 rings (SSSR count). The third-order valence-electron chi connectivity index (χ3n) is 2.65. The molecule has 0 aliphatic heterocycles. The minimum absolute atomic E-state index is 0.457. The van der Waals surface area contributed by atoms with Gasteiger partial charge in [0, 0.05) is 16.9 Å². The van der Waals surface area contributed by atoms with E-state index in [1.54, 1.807) is 11.3 Å². The number of nitrogens with two attached hydrogens (primary N) is 1. The Balaban J connectivity index is 2.20. The average molecular weight is 232 g/mol. The zero-order chi connectivity index (χ0) is 11.4. The van der Waals surface area contributed by atoms with E-state index in [0.29, 0.717) is 5.92 Å². The first kappa shape index (κ1) is 11.3. The molecule has 2 nitrogen and oxygen atoms in total. The molecule has 0 saturated carbocycles. The molecule has 84 valence electrons. The van der Waals surface area contributed by atoms with E-state index in [1.165, 1.54) is 5.56 Å². The molecule has 0 radical (unpaired) electrons. The lowest BCUT2D eigenvalue weighted by molar-refractivity contribution is 0.675. The van der Waals surface area contributed by atoms with E-state index in [4.69, 9.17) is 5.73 Å². The predicted octanol–water partition coefficient (Wildman–Crippen LogP) is 3.26. The average Bonchev–Trinajstić information content (AvgIpc) is 2.80. The van der Waals surface area contributed by atoms with Crippen molar-refractivity contribution >= 4 is 11.3 Å². The van der Waals surface area contributed by atoms with Crippen molar-refractivity contribution in [1.82, 2.24) is 4.98 Å². The zero-order valence-electron chi connectivity index (χ0n) is 9.39. The third-order valence-corrected chi connectivity index (χ3v) is 3.56. The Labute approximate surface area is 100 Å². The Kier molecular flexibility index (Phi) is 3.70. The summed E-state index contributed by atoms with van der Waals surface area (Å²) < 4.78 is 0. The van der Waals surface area contributed by atoms with E-state index in [1.807, 2.05) is 18.2 Å². The molecule has 1 aromatic carbocycles. The van der Waals surface area contributed by atoms with Gasteiger partial charge in [-0.05, 0) is 13.0 Å². The summed E-state index contributed by atoms with van der Waals surface area (Å²) in [6.45, 7) is 2.90. The second kappa shape index (κ2) is 5.23. The summed E-state index contributed by atoms with van der Waals surface area (Å²) in [5.41, 5.74) is 7.91. The number of nitrogens with zero attached hydrogens (tertiary/aromatic N) is 1. The van der Waals surface area contributed by atoms with Gasteiger partial charge in [-0.3, -0.25) is 0 Å². The number of rotatable bonds is 4. The second-order valence-electron chi connectivity index (χ2n) is 3.92. The number of hydrogen-bond acceptors (Lipinski definition) is 3. The third kappa shape index (κ3) is 2.49. The van der Waals surface area contributed by atoms with Crippen molar-refractivity contribution in [2.75, 3.05) is 6.54 Å². The van der Waals surface area contributed by atoms with Crippen molar-refractivity contribution < 1.29 is 0 Å². The van der Waals surface area contributed by atoms with Gasteiger partial charge in [0.1, 0.15) is 5.01 Å². The maximum atomic E-state index is 5.56. The molecular formula is C13H16N2S. The van der Waals surface area contributed by atoms with Crippen LogP contribution in [0.15, 0.2) is 35.7 Å². The quantitative estimate of drug-likeness (QED) is 0.878. The van der Waals surface area contributed by atoms with Crippen LogP contribution >= 0.6 is 11.3 Å². The first-order valence-corrected chi connectivity index (χ1v) is 6.40. The van der Waals surface area contributed by atoms with E-state index in [9.17, 15) is 0 Å². The van der Waals surface area contributed by atoms with Crippen molar-refractivity contribution in [3.8, 4) is 10.6 Å². The van der Waals surface area contributed by atoms with Gasteiger partial charge in [-0.2, -0.15) is 0 Å². The molecule has 0 aliphatic rings. The molecule has 0 amide bonds. The molecule has 0 saturated heterocycles. The van der Waals surface area contributed by atoms with E-state index in [0.717, 1.165) is 23.7 Å². The summed E-state index contributed by atoms with van der Waals surface area (Å²) in [6, 6.07) is 10.3. The Morgan fingerprint density at radius 3 is 2.75 bits per heavy atom. The monoisotopic (exact) mass is 232 g/mol. The summed E-state index contributed by atoms with van der Waals surface area (Å²) in [5, 5.41) is 3.24. The Bertz CT molecular complexity index is 436. The van der Waals surface area contributed by atoms with Gasteiger partial charge in [-0.15, -0.1) is 11.3 Å². The van der Waals surface area contributed by atoms with Crippen molar-refractivity contribution in [3.05, 3.63) is 41.4 Å².